The summed E-state index contributed by atoms with van der Waals surface area (Å²) in [5.41, 5.74) is 1.46. The minimum absolute atomic E-state index is 0.00951. The number of amides is 2. The Balaban J connectivity index is 2.05. The number of rotatable bonds is 10. The highest BCUT2D eigenvalue weighted by molar-refractivity contribution is 7.92. The molecule has 9 heteroatoms. The minimum atomic E-state index is -4.19. The van der Waals surface area contributed by atoms with Gasteiger partial charge in [0.1, 0.15) is 18.4 Å². The first-order valence-electron chi connectivity index (χ1n) is 12.8. The molecule has 0 saturated carbocycles. The van der Waals surface area contributed by atoms with E-state index in [1.807, 2.05) is 52.0 Å². The third-order valence-corrected chi connectivity index (χ3v) is 7.87. The normalized spacial score (nSPS) is 12.5. The van der Waals surface area contributed by atoms with Gasteiger partial charge >= 0.3 is 0 Å². The summed E-state index contributed by atoms with van der Waals surface area (Å²) < 4.78 is 42.1. The first kappa shape index (κ1) is 29.8. The van der Waals surface area contributed by atoms with Crippen LogP contribution in [0.2, 0.25) is 0 Å². The molecule has 0 spiro atoms. The van der Waals surface area contributed by atoms with Crippen molar-refractivity contribution in [1.82, 2.24) is 10.2 Å². The molecule has 1 N–H and O–H groups in total. The predicted octanol–water partition coefficient (Wildman–Crippen LogP) is 5.05. The fraction of sp³-hybridized carbons (Fsp3) is 0.333. The number of carbonyl (C=O) groups is 2. The van der Waals surface area contributed by atoms with Crippen molar-refractivity contribution in [2.45, 2.75) is 64.1 Å². The number of nitrogens with zero attached hydrogens (tertiary/aromatic N) is 2. The maximum absolute atomic E-state index is 14.0. The number of halogens is 1. The molecule has 208 valence electrons. The van der Waals surface area contributed by atoms with Crippen molar-refractivity contribution in [2.24, 2.45) is 0 Å². The topological polar surface area (TPSA) is 86.8 Å². The van der Waals surface area contributed by atoms with Crippen molar-refractivity contribution >= 4 is 27.5 Å². The lowest BCUT2D eigenvalue weighted by Gasteiger charge is -2.34. The van der Waals surface area contributed by atoms with Gasteiger partial charge in [0.25, 0.3) is 10.0 Å². The third-order valence-electron chi connectivity index (χ3n) is 6.08. The van der Waals surface area contributed by atoms with E-state index >= 15 is 0 Å². The maximum atomic E-state index is 14.0. The molecule has 3 aromatic rings. The summed E-state index contributed by atoms with van der Waals surface area (Å²) in [6.45, 7) is 8.85. The first-order valence-corrected chi connectivity index (χ1v) is 14.3. The molecule has 0 aliphatic carbocycles. The predicted molar refractivity (Wildman–Crippen MR) is 151 cm³/mol. The summed E-state index contributed by atoms with van der Waals surface area (Å²) in [7, 11) is -4.19. The highest BCUT2D eigenvalue weighted by atomic mass is 32.2. The van der Waals surface area contributed by atoms with Gasteiger partial charge in [0, 0.05) is 12.1 Å². The highest BCUT2D eigenvalue weighted by Gasteiger charge is 2.34. The standard InChI is InChI=1S/C30H36FN3O4S/c1-6-27(29(36)32-30(3,4)5)33(20-23-14-12-22(2)13-15-23)28(35)21-34(25-18-16-24(31)17-19-25)39(37,38)26-10-8-7-9-11-26/h7-19,27H,6,20-21H2,1-5H3,(H,32,36)/t27-/m1/s1. The smallest absolute Gasteiger partial charge is 0.264 e. The largest absolute Gasteiger partial charge is 0.350 e. The van der Waals surface area contributed by atoms with Gasteiger partial charge in [-0.1, -0.05) is 55.0 Å². The van der Waals surface area contributed by atoms with Crippen molar-refractivity contribution < 1.29 is 22.4 Å². The fourth-order valence-electron chi connectivity index (χ4n) is 4.12. The zero-order chi connectivity index (χ0) is 28.8. The van der Waals surface area contributed by atoms with Crippen molar-refractivity contribution in [3.63, 3.8) is 0 Å². The van der Waals surface area contributed by atoms with Crippen LogP contribution >= 0.6 is 0 Å². The van der Waals surface area contributed by atoms with Crippen molar-refractivity contribution in [3.8, 4) is 0 Å². The Morgan fingerprint density at radius 1 is 0.923 bits per heavy atom. The summed E-state index contributed by atoms with van der Waals surface area (Å²) >= 11 is 0. The number of anilines is 1. The molecule has 0 aliphatic rings. The SMILES string of the molecule is CC[C@H](C(=O)NC(C)(C)C)N(Cc1ccc(C)cc1)C(=O)CN(c1ccc(F)cc1)S(=O)(=O)c1ccccc1. The zero-order valence-electron chi connectivity index (χ0n) is 23.0. The summed E-state index contributed by atoms with van der Waals surface area (Å²) in [5, 5.41) is 2.94. The number of sulfonamides is 1. The van der Waals surface area contributed by atoms with Gasteiger partial charge in [-0.15, -0.1) is 0 Å². The number of benzene rings is 3. The van der Waals surface area contributed by atoms with Crippen LogP contribution < -0.4 is 9.62 Å². The second kappa shape index (κ2) is 12.4. The highest BCUT2D eigenvalue weighted by Crippen LogP contribution is 2.25. The second-order valence-electron chi connectivity index (χ2n) is 10.5. The fourth-order valence-corrected chi connectivity index (χ4v) is 5.55. The molecule has 3 aromatic carbocycles. The van der Waals surface area contributed by atoms with E-state index in [1.54, 1.807) is 25.1 Å². The molecule has 0 unspecified atom stereocenters. The number of aryl methyl sites for hydroxylation is 1. The molecule has 0 aromatic heterocycles. The van der Waals surface area contributed by atoms with E-state index in [2.05, 4.69) is 5.32 Å². The lowest BCUT2D eigenvalue weighted by atomic mass is 10.1. The number of hydrogen-bond acceptors (Lipinski definition) is 4. The van der Waals surface area contributed by atoms with Crippen LogP contribution in [0.1, 0.15) is 45.2 Å². The summed E-state index contributed by atoms with van der Waals surface area (Å²) in [5.74, 6) is -1.42. The van der Waals surface area contributed by atoms with E-state index in [4.69, 9.17) is 0 Å². The van der Waals surface area contributed by atoms with Gasteiger partial charge in [0.2, 0.25) is 11.8 Å². The van der Waals surface area contributed by atoms with E-state index in [1.165, 1.54) is 29.2 Å². The Morgan fingerprint density at radius 3 is 2.05 bits per heavy atom. The molecule has 3 rings (SSSR count). The molecule has 0 radical (unpaired) electrons. The Kier molecular flexibility index (Phi) is 9.50. The molecule has 2 amide bonds. The van der Waals surface area contributed by atoms with Gasteiger partial charge in [-0.05, 0) is 76.1 Å². The van der Waals surface area contributed by atoms with Crippen LogP contribution in [0.5, 0.6) is 0 Å². The molecule has 0 saturated heterocycles. The van der Waals surface area contributed by atoms with Gasteiger partial charge < -0.3 is 10.2 Å². The van der Waals surface area contributed by atoms with E-state index in [-0.39, 0.29) is 23.0 Å². The van der Waals surface area contributed by atoms with Gasteiger partial charge in [0.15, 0.2) is 0 Å². The maximum Gasteiger partial charge on any atom is 0.264 e. The molecular formula is C30H36FN3O4S. The summed E-state index contributed by atoms with van der Waals surface area (Å²) in [6, 6.07) is 19.4. The molecule has 0 heterocycles. The monoisotopic (exact) mass is 553 g/mol. The molecule has 7 nitrogen and oxygen atoms in total. The average Bonchev–Trinajstić information content (AvgIpc) is 2.88. The van der Waals surface area contributed by atoms with Crippen LogP contribution in [-0.2, 0) is 26.2 Å². The summed E-state index contributed by atoms with van der Waals surface area (Å²) in [4.78, 5) is 28.7. The second-order valence-corrected chi connectivity index (χ2v) is 12.3. The van der Waals surface area contributed by atoms with Crippen LogP contribution in [-0.4, -0.2) is 43.3 Å². The zero-order valence-corrected chi connectivity index (χ0v) is 23.8. The van der Waals surface area contributed by atoms with Crippen molar-refractivity contribution in [3.05, 3.63) is 95.8 Å². The molecule has 0 aliphatic heterocycles. The van der Waals surface area contributed by atoms with E-state index in [0.29, 0.717) is 6.42 Å². The molecule has 0 bridgehead atoms. The molecular weight excluding hydrogens is 517 g/mol. The Labute approximate surface area is 230 Å². The van der Waals surface area contributed by atoms with Crippen LogP contribution in [0, 0.1) is 12.7 Å². The lowest BCUT2D eigenvalue weighted by Crippen LogP contribution is -2.55. The Bertz CT molecular complexity index is 1370. The van der Waals surface area contributed by atoms with Crippen molar-refractivity contribution in [2.75, 3.05) is 10.8 Å². The molecule has 0 fully saturated rings. The average molecular weight is 554 g/mol. The Hall–Kier alpha value is -3.72. The minimum Gasteiger partial charge on any atom is -0.350 e. The number of nitrogens with one attached hydrogen (secondary N) is 1. The van der Waals surface area contributed by atoms with Gasteiger partial charge in [-0.25, -0.2) is 12.8 Å². The van der Waals surface area contributed by atoms with E-state index < -0.39 is 39.9 Å². The number of carbonyl (C=O) groups excluding carboxylic acids is 2. The quantitative estimate of drug-likeness (QED) is 0.381. The van der Waals surface area contributed by atoms with Gasteiger partial charge in [-0.3, -0.25) is 13.9 Å². The van der Waals surface area contributed by atoms with Crippen molar-refractivity contribution in [1.29, 1.82) is 0 Å². The van der Waals surface area contributed by atoms with Crippen LogP contribution in [0.3, 0.4) is 0 Å². The van der Waals surface area contributed by atoms with Crippen LogP contribution in [0.25, 0.3) is 0 Å². The van der Waals surface area contributed by atoms with Crippen LogP contribution in [0.4, 0.5) is 10.1 Å². The first-order chi connectivity index (χ1) is 18.3. The number of hydrogen-bond donors (Lipinski definition) is 1. The van der Waals surface area contributed by atoms with Gasteiger partial charge in [0.05, 0.1) is 10.6 Å². The molecule has 1 atom stereocenters. The third kappa shape index (κ3) is 7.89. The van der Waals surface area contributed by atoms with Gasteiger partial charge in [-0.2, -0.15) is 0 Å². The molecule has 39 heavy (non-hydrogen) atoms. The lowest BCUT2D eigenvalue weighted by molar-refractivity contribution is -0.141. The summed E-state index contributed by atoms with van der Waals surface area (Å²) in [6.07, 6.45) is 0.321. The van der Waals surface area contributed by atoms with E-state index in [0.717, 1.165) is 27.6 Å². The Morgan fingerprint density at radius 2 is 1.51 bits per heavy atom. The van der Waals surface area contributed by atoms with Crippen LogP contribution in [0.15, 0.2) is 83.8 Å². The van der Waals surface area contributed by atoms with E-state index in [9.17, 15) is 22.4 Å².